The topological polar surface area (TPSA) is 157 Å². The summed E-state index contributed by atoms with van der Waals surface area (Å²) in [6.45, 7) is 2.96. The molecule has 1 aromatic rings. The van der Waals surface area contributed by atoms with Crippen molar-refractivity contribution >= 4 is 28.4 Å². The first kappa shape index (κ1) is 20.2. The number of nitro benzene ring substituents is 2. The smallest absolute Gasteiger partial charge is 0.321 e. The summed E-state index contributed by atoms with van der Waals surface area (Å²) in [5, 5.41) is 38.2. The van der Waals surface area contributed by atoms with Gasteiger partial charge in [0.1, 0.15) is 0 Å². The van der Waals surface area contributed by atoms with Crippen LogP contribution >= 0.6 is 11.8 Å². The van der Waals surface area contributed by atoms with Gasteiger partial charge in [-0.3, -0.25) is 29.9 Å². The third-order valence-electron chi connectivity index (χ3n) is 3.58. The molecule has 146 valence electrons. The number of piperazine rings is 1. The van der Waals surface area contributed by atoms with E-state index < -0.39 is 27.0 Å². The van der Waals surface area contributed by atoms with Crippen LogP contribution in [0, 0.1) is 25.4 Å². The lowest BCUT2D eigenvalue weighted by Gasteiger charge is -2.30. The maximum absolute atomic E-state index is 12.0. The number of non-ortho nitro benzene ring substituents is 1. The maximum Gasteiger partial charge on any atom is 0.321 e. The van der Waals surface area contributed by atoms with Crippen LogP contribution in [0.15, 0.2) is 23.5 Å². The number of nitrogens with zero attached hydrogens (tertiary/aromatic N) is 6. The minimum absolute atomic E-state index is 0.0655. The summed E-state index contributed by atoms with van der Waals surface area (Å²) in [6, 6.07) is 2.71. The second-order valence-corrected chi connectivity index (χ2v) is 6.45. The van der Waals surface area contributed by atoms with Crippen LogP contribution in [0.5, 0.6) is 5.75 Å². The lowest BCUT2D eigenvalue weighted by molar-refractivity contribution is -0.708. The molecule has 0 saturated carbocycles. The molecule has 0 aromatic heterocycles. The fourth-order valence-electron chi connectivity index (χ4n) is 2.23. The third kappa shape index (κ3) is 5.16. The normalized spacial score (nSPS) is 14.8. The van der Waals surface area contributed by atoms with E-state index in [0.29, 0.717) is 18.8 Å². The standard InChI is InChI=1S/C13H16N6O7S/c1-2-27-13(20)15-5-7-16(8-6-15)19(25)14-26-12-4-3-10(17(21)22)9-11(12)18(23)24/h3-4,9H,2,5-8H2,1H3/b19-14-. The SMILES string of the molecule is CCSC(=O)N1CCN(/[N+]([O-])=N/Oc2ccc([N+](=O)[O-])cc2[N+](=O)[O-])CC1. The molecule has 0 aliphatic carbocycles. The van der Waals surface area contributed by atoms with E-state index in [1.807, 2.05) is 6.92 Å². The average molecular weight is 400 g/mol. The molecule has 14 heteroatoms. The van der Waals surface area contributed by atoms with E-state index >= 15 is 0 Å². The maximum atomic E-state index is 12.0. The summed E-state index contributed by atoms with van der Waals surface area (Å²) in [6.07, 6.45) is 0. The number of hydrazine groups is 1. The Morgan fingerprint density at radius 3 is 2.41 bits per heavy atom. The molecule has 0 bridgehead atoms. The molecule has 27 heavy (non-hydrogen) atoms. The van der Waals surface area contributed by atoms with Crippen LogP contribution in [0.4, 0.5) is 16.2 Å². The second-order valence-electron chi connectivity index (χ2n) is 5.23. The molecule has 13 nitrogen and oxygen atoms in total. The van der Waals surface area contributed by atoms with Gasteiger partial charge in [-0.05, 0) is 11.8 Å². The van der Waals surface area contributed by atoms with E-state index in [-0.39, 0.29) is 23.3 Å². The van der Waals surface area contributed by atoms with Gasteiger partial charge in [-0.25, -0.2) is 0 Å². The molecular formula is C13H16N6O7S. The van der Waals surface area contributed by atoms with Gasteiger partial charge in [0.15, 0.2) is 0 Å². The van der Waals surface area contributed by atoms with Gasteiger partial charge >= 0.3 is 5.69 Å². The Labute approximate surface area is 157 Å². The third-order valence-corrected chi connectivity index (χ3v) is 4.38. The summed E-state index contributed by atoms with van der Waals surface area (Å²) >= 11 is 1.18. The average Bonchev–Trinajstić information content (AvgIpc) is 2.66. The Kier molecular flexibility index (Phi) is 6.70. The molecule has 1 aliphatic heterocycles. The lowest BCUT2D eigenvalue weighted by Crippen LogP contribution is -2.49. The zero-order valence-electron chi connectivity index (χ0n) is 14.2. The first-order valence-corrected chi connectivity index (χ1v) is 8.76. The van der Waals surface area contributed by atoms with Crippen LogP contribution in [0.1, 0.15) is 6.92 Å². The molecule has 1 fully saturated rings. The number of thioether (sulfide) groups is 1. The monoisotopic (exact) mass is 400 g/mol. The van der Waals surface area contributed by atoms with Crippen molar-refractivity contribution in [3.8, 4) is 5.75 Å². The Morgan fingerprint density at radius 1 is 1.19 bits per heavy atom. The van der Waals surface area contributed by atoms with Gasteiger partial charge in [-0.1, -0.05) is 18.7 Å². The first-order valence-electron chi connectivity index (χ1n) is 7.78. The Morgan fingerprint density at radius 2 is 1.85 bits per heavy atom. The van der Waals surface area contributed by atoms with Gasteiger partial charge in [0.2, 0.25) is 11.0 Å². The molecule has 0 N–H and O–H groups in total. The summed E-state index contributed by atoms with van der Waals surface area (Å²) in [4.78, 5) is 38.4. The van der Waals surface area contributed by atoms with Crippen LogP contribution in [0.25, 0.3) is 0 Å². The molecule has 1 aliphatic rings. The molecule has 1 saturated heterocycles. The number of rotatable bonds is 6. The molecule has 0 radical (unpaired) electrons. The van der Waals surface area contributed by atoms with Gasteiger partial charge in [0.05, 0.1) is 34.0 Å². The molecule has 2 rings (SSSR count). The molecule has 1 aromatic carbocycles. The highest BCUT2D eigenvalue weighted by Gasteiger charge is 2.26. The summed E-state index contributed by atoms with van der Waals surface area (Å²) < 4.78 is 0. The molecular weight excluding hydrogens is 384 g/mol. The van der Waals surface area contributed by atoms with Crippen molar-refractivity contribution in [3.63, 3.8) is 0 Å². The number of hydrogen-bond donors (Lipinski definition) is 0. The molecule has 1 heterocycles. The predicted molar refractivity (Wildman–Crippen MR) is 93.1 cm³/mol. The molecule has 1 amide bonds. The van der Waals surface area contributed by atoms with Crippen molar-refractivity contribution in [3.05, 3.63) is 43.6 Å². The van der Waals surface area contributed by atoms with Gasteiger partial charge in [0, 0.05) is 19.2 Å². The van der Waals surface area contributed by atoms with Crippen molar-refractivity contribution in [1.82, 2.24) is 9.91 Å². The minimum atomic E-state index is -0.872. The molecule has 0 unspecified atom stereocenters. The van der Waals surface area contributed by atoms with E-state index in [2.05, 4.69) is 5.28 Å². The zero-order valence-corrected chi connectivity index (χ0v) is 15.0. The summed E-state index contributed by atoms with van der Waals surface area (Å²) in [5.41, 5.74) is -1.17. The van der Waals surface area contributed by atoms with Crippen LogP contribution in [0.2, 0.25) is 0 Å². The van der Waals surface area contributed by atoms with Crippen LogP contribution in [-0.2, 0) is 0 Å². The highest BCUT2D eigenvalue weighted by Crippen LogP contribution is 2.31. The summed E-state index contributed by atoms with van der Waals surface area (Å²) in [7, 11) is 0. The van der Waals surface area contributed by atoms with E-state index in [0.717, 1.165) is 18.2 Å². The van der Waals surface area contributed by atoms with Crippen molar-refractivity contribution in [1.29, 1.82) is 0 Å². The summed E-state index contributed by atoms with van der Waals surface area (Å²) in [5.74, 6) is 0.254. The van der Waals surface area contributed by atoms with E-state index in [4.69, 9.17) is 4.84 Å². The Bertz CT molecular complexity index is 766. The lowest BCUT2D eigenvalue weighted by atomic mass is 10.2. The fraction of sp³-hybridized carbons (Fsp3) is 0.462. The zero-order chi connectivity index (χ0) is 20.0. The minimum Gasteiger partial charge on any atom is -0.569 e. The van der Waals surface area contributed by atoms with Gasteiger partial charge in [0.25, 0.3) is 10.9 Å². The van der Waals surface area contributed by atoms with Crippen LogP contribution in [-0.4, -0.2) is 61.9 Å². The number of nitro groups is 2. The number of amides is 1. The quantitative estimate of drug-likeness (QED) is 0.302. The Hall–Kier alpha value is -3.16. The largest absolute Gasteiger partial charge is 0.569 e. The number of carbonyl (C=O) groups excluding carboxylic acids is 1. The number of hydrogen-bond acceptors (Lipinski definition) is 9. The van der Waals surface area contributed by atoms with Crippen molar-refractivity contribution in [2.24, 2.45) is 5.28 Å². The molecule has 0 spiro atoms. The van der Waals surface area contributed by atoms with Crippen LogP contribution < -0.4 is 4.84 Å². The Balaban J connectivity index is 2.03. The van der Waals surface area contributed by atoms with Crippen LogP contribution in [0.3, 0.4) is 0 Å². The highest BCUT2D eigenvalue weighted by atomic mass is 32.2. The van der Waals surface area contributed by atoms with Gasteiger partial charge in [-0.15, -0.1) is 5.01 Å². The van der Waals surface area contributed by atoms with E-state index in [1.165, 1.54) is 16.8 Å². The number of carbonyl (C=O) groups is 1. The predicted octanol–water partition coefficient (Wildman–Crippen LogP) is 2.17. The van der Waals surface area contributed by atoms with E-state index in [1.54, 1.807) is 4.90 Å². The van der Waals surface area contributed by atoms with Gasteiger partial charge < -0.3 is 10.1 Å². The van der Waals surface area contributed by atoms with Gasteiger partial charge in [-0.2, -0.15) is 0 Å². The first-order chi connectivity index (χ1) is 12.8. The fourth-order valence-corrected chi connectivity index (χ4v) is 2.85. The van der Waals surface area contributed by atoms with E-state index in [9.17, 15) is 30.2 Å². The second kappa shape index (κ2) is 8.98. The highest BCUT2D eigenvalue weighted by molar-refractivity contribution is 8.13. The number of benzene rings is 1. The molecule has 0 atom stereocenters. The van der Waals surface area contributed by atoms with Crippen molar-refractivity contribution in [2.75, 3.05) is 31.9 Å². The van der Waals surface area contributed by atoms with Crippen molar-refractivity contribution in [2.45, 2.75) is 6.92 Å². The van der Waals surface area contributed by atoms with Crippen molar-refractivity contribution < 1.29 is 24.4 Å².